The Kier molecular flexibility index (Phi) is 11.5. The predicted molar refractivity (Wildman–Crippen MR) is 140 cm³/mol. The molecule has 0 aliphatic heterocycles. The van der Waals surface area contributed by atoms with Crippen LogP contribution in [0.2, 0.25) is 10.0 Å². The molecule has 0 saturated heterocycles. The van der Waals surface area contributed by atoms with Crippen LogP contribution in [0.25, 0.3) is 0 Å². The first-order valence-electron chi connectivity index (χ1n) is 11.6. The van der Waals surface area contributed by atoms with Crippen LogP contribution >= 0.6 is 23.2 Å². The molecule has 192 valence electrons. The molecule has 0 heterocycles. The van der Waals surface area contributed by atoms with Gasteiger partial charge in [0.25, 0.3) is 0 Å². The van der Waals surface area contributed by atoms with E-state index in [1.807, 2.05) is 6.92 Å². The molecule has 0 aromatic heterocycles. The average molecular weight is 543 g/mol. The molecule has 2 rings (SSSR count). The minimum atomic E-state index is -3.64. The molecule has 0 saturated carbocycles. The van der Waals surface area contributed by atoms with E-state index in [2.05, 4.69) is 5.32 Å². The summed E-state index contributed by atoms with van der Waals surface area (Å²) in [6.07, 6.45) is 2.19. The lowest BCUT2D eigenvalue weighted by Crippen LogP contribution is -2.47. The van der Waals surface area contributed by atoms with Crippen LogP contribution in [0.15, 0.2) is 53.4 Å². The number of rotatable bonds is 13. The monoisotopic (exact) mass is 541 g/mol. The lowest BCUT2D eigenvalue weighted by atomic mass is 10.1. The quantitative estimate of drug-likeness (QED) is 0.371. The largest absolute Gasteiger partial charge is 0.354 e. The number of halogens is 2. The highest BCUT2D eigenvalue weighted by Gasteiger charge is 2.27. The van der Waals surface area contributed by atoms with Gasteiger partial charge >= 0.3 is 0 Å². The van der Waals surface area contributed by atoms with Crippen LogP contribution in [0.4, 0.5) is 0 Å². The van der Waals surface area contributed by atoms with E-state index in [0.29, 0.717) is 23.0 Å². The first-order chi connectivity index (χ1) is 16.6. The summed E-state index contributed by atoms with van der Waals surface area (Å²) in [4.78, 5) is 27.6. The highest BCUT2D eigenvalue weighted by atomic mass is 35.5. The van der Waals surface area contributed by atoms with Crippen molar-refractivity contribution in [3.05, 3.63) is 64.1 Å². The second kappa shape index (κ2) is 13.8. The number of benzene rings is 2. The van der Waals surface area contributed by atoms with Crippen LogP contribution in [-0.2, 0) is 26.2 Å². The minimum Gasteiger partial charge on any atom is -0.354 e. The zero-order chi connectivity index (χ0) is 26.0. The summed E-state index contributed by atoms with van der Waals surface area (Å²) in [6.45, 7) is 4.60. The van der Waals surface area contributed by atoms with Crippen molar-refractivity contribution >= 4 is 45.0 Å². The van der Waals surface area contributed by atoms with Crippen molar-refractivity contribution in [2.75, 3.05) is 20.1 Å². The Labute approximate surface area is 218 Å². The van der Waals surface area contributed by atoms with Crippen LogP contribution in [0, 0.1) is 0 Å². The molecule has 10 heteroatoms. The van der Waals surface area contributed by atoms with Gasteiger partial charge in [-0.05, 0) is 49.6 Å². The molecule has 1 N–H and O–H groups in total. The maximum absolute atomic E-state index is 13.2. The maximum atomic E-state index is 13.2. The van der Waals surface area contributed by atoms with E-state index >= 15 is 0 Å². The van der Waals surface area contributed by atoms with Gasteiger partial charge in [0, 0.05) is 33.1 Å². The van der Waals surface area contributed by atoms with Gasteiger partial charge < -0.3 is 10.2 Å². The van der Waals surface area contributed by atoms with Crippen LogP contribution in [0.1, 0.15) is 45.1 Å². The van der Waals surface area contributed by atoms with Crippen LogP contribution in [-0.4, -0.2) is 55.6 Å². The Bertz CT molecular complexity index is 1100. The number of nitrogens with zero attached hydrogens (tertiary/aromatic N) is 2. The van der Waals surface area contributed by atoms with Crippen molar-refractivity contribution in [3.63, 3.8) is 0 Å². The third-order valence-corrected chi connectivity index (χ3v) is 8.26. The normalized spacial score (nSPS) is 12.4. The molecule has 0 aliphatic rings. The van der Waals surface area contributed by atoms with Gasteiger partial charge in [-0.2, -0.15) is 0 Å². The summed E-state index contributed by atoms with van der Waals surface area (Å²) in [5, 5.41) is 3.64. The van der Waals surface area contributed by atoms with Crippen molar-refractivity contribution in [1.82, 2.24) is 14.5 Å². The number of hydrogen-bond acceptors (Lipinski definition) is 4. The number of hydrogen-bond donors (Lipinski definition) is 1. The Morgan fingerprint density at radius 3 is 2.34 bits per heavy atom. The summed E-state index contributed by atoms with van der Waals surface area (Å²) >= 11 is 12.2. The molecule has 0 bridgehead atoms. The second-order valence-corrected chi connectivity index (χ2v) is 11.2. The van der Waals surface area contributed by atoms with Crippen LogP contribution < -0.4 is 5.32 Å². The number of amides is 2. The van der Waals surface area contributed by atoms with Gasteiger partial charge in [0.15, 0.2) is 0 Å². The second-order valence-electron chi connectivity index (χ2n) is 8.33. The summed E-state index contributed by atoms with van der Waals surface area (Å²) in [7, 11) is -2.15. The smallest absolute Gasteiger partial charge is 0.242 e. The third kappa shape index (κ3) is 8.49. The van der Waals surface area contributed by atoms with Crippen LogP contribution in [0.3, 0.4) is 0 Å². The molecule has 2 aromatic rings. The summed E-state index contributed by atoms with van der Waals surface area (Å²) < 4.78 is 26.7. The minimum absolute atomic E-state index is 0.0859. The van der Waals surface area contributed by atoms with Crippen molar-refractivity contribution in [3.8, 4) is 0 Å². The molecule has 0 spiro atoms. The van der Waals surface area contributed by atoms with E-state index in [9.17, 15) is 18.0 Å². The Morgan fingerprint density at radius 2 is 1.71 bits per heavy atom. The molecular formula is C25H33Cl2N3O4S. The molecule has 1 atom stereocenters. The lowest BCUT2D eigenvalue weighted by Gasteiger charge is -2.29. The van der Waals surface area contributed by atoms with E-state index in [-0.39, 0.29) is 36.2 Å². The number of carbonyl (C=O) groups excluding carboxylic acids is 2. The molecule has 7 nitrogen and oxygen atoms in total. The van der Waals surface area contributed by atoms with E-state index in [0.717, 1.165) is 18.4 Å². The zero-order valence-electron chi connectivity index (χ0n) is 20.3. The van der Waals surface area contributed by atoms with E-state index in [1.54, 1.807) is 43.3 Å². The molecule has 0 fully saturated rings. The third-order valence-electron chi connectivity index (χ3n) is 5.65. The standard InChI is InChI=1S/C25H33Cl2N3O4S/c1-4-5-15-28-25(32)19(2)30(18-20-13-14-22(26)23(27)17-20)24(31)12-9-16-29(3)35(33,34)21-10-7-6-8-11-21/h6-8,10-11,13-14,17,19H,4-5,9,12,15-16,18H2,1-3H3,(H,28,32)/t19-/m0/s1. The van der Waals surface area contributed by atoms with Crippen molar-refractivity contribution < 1.29 is 18.0 Å². The molecule has 0 radical (unpaired) electrons. The molecule has 0 unspecified atom stereocenters. The lowest BCUT2D eigenvalue weighted by molar-refractivity contribution is -0.140. The van der Waals surface area contributed by atoms with Gasteiger partial charge in [0.1, 0.15) is 6.04 Å². The van der Waals surface area contributed by atoms with Gasteiger partial charge in [-0.25, -0.2) is 12.7 Å². The van der Waals surface area contributed by atoms with Crippen LogP contribution in [0.5, 0.6) is 0 Å². The topological polar surface area (TPSA) is 86.8 Å². The molecular weight excluding hydrogens is 509 g/mol. The summed E-state index contributed by atoms with van der Waals surface area (Å²) in [5.74, 6) is -0.490. The number of sulfonamides is 1. The first-order valence-corrected chi connectivity index (χ1v) is 13.8. The SMILES string of the molecule is CCCCNC(=O)[C@H](C)N(Cc1ccc(Cl)c(Cl)c1)C(=O)CCCN(C)S(=O)(=O)c1ccccc1. The predicted octanol–water partition coefficient (Wildman–Crippen LogP) is 4.73. The fourth-order valence-corrected chi connectivity index (χ4v) is 4.99. The summed E-state index contributed by atoms with van der Waals surface area (Å²) in [6, 6.07) is 12.5. The molecule has 2 aromatic carbocycles. The van der Waals surface area contributed by atoms with E-state index < -0.39 is 16.1 Å². The Balaban J connectivity index is 2.09. The highest BCUT2D eigenvalue weighted by Crippen LogP contribution is 2.24. The van der Waals surface area contributed by atoms with Gasteiger partial charge in [0.2, 0.25) is 21.8 Å². The van der Waals surface area contributed by atoms with Gasteiger partial charge in [0.05, 0.1) is 14.9 Å². The maximum Gasteiger partial charge on any atom is 0.242 e. The number of nitrogens with one attached hydrogen (secondary N) is 1. The first kappa shape index (κ1) is 29.1. The van der Waals surface area contributed by atoms with Crippen molar-refractivity contribution in [1.29, 1.82) is 0 Å². The molecule has 0 aliphatic carbocycles. The highest BCUT2D eigenvalue weighted by molar-refractivity contribution is 7.89. The summed E-state index contributed by atoms with van der Waals surface area (Å²) in [5.41, 5.74) is 0.740. The number of carbonyl (C=O) groups is 2. The van der Waals surface area contributed by atoms with E-state index in [4.69, 9.17) is 23.2 Å². The molecule has 2 amide bonds. The van der Waals surface area contributed by atoms with E-state index in [1.165, 1.54) is 28.4 Å². The Hall–Kier alpha value is -2.13. The van der Waals surface area contributed by atoms with Crippen molar-refractivity contribution in [2.45, 2.75) is 57.0 Å². The van der Waals surface area contributed by atoms with Gasteiger partial charge in [-0.15, -0.1) is 0 Å². The zero-order valence-corrected chi connectivity index (χ0v) is 22.7. The number of unbranched alkanes of at least 4 members (excludes halogenated alkanes) is 1. The average Bonchev–Trinajstić information content (AvgIpc) is 2.84. The Morgan fingerprint density at radius 1 is 1.03 bits per heavy atom. The van der Waals surface area contributed by atoms with Crippen molar-refractivity contribution in [2.24, 2.45) is 0 Å². The van der Waals surface area contributed by atoms with Gasteiger partial charge in [-0.3, -0.25) is 9.59 Å². The van der Waals surface area contributed by atoms with Gasteiger partial charge in [-0.1, -0.05) is 60.8 Å². The fraction of sp³-hybridized carbons (Fsp3) is 0.440. The molecule has 35 heavy (non-hydrogen) atoms. The fourth-order valence-electron chi connectivity index (χ4n) is 3.44.